The predicted molar refractivity (Wildman–Crippen MR) is 125 cm³/mol. The average Bonchev–Trinajstić information content (AvgIpc) is 3.26. The molecule has 3 rings (SSSR count). The van der Waals surface area contributed by atoms with Gasteiger partial charge in [0.15, 0.2) is 5.96 Å². The van der Waals surface area contributed by atoms with Crippen molar-refractivity contribution in [1.82, 2.24) is 15.1 Å². The van der Waals surface area contributed by atoms with E-state index in [2.05, 4.69) is 22.1 Å². The molecule has 1 atom stereocenters. The lowest BCUT2D eigenvalue weighted by Gasteiger charge is -2.37. The van der Waals surface area contributed by atoms with Crippen molar-refractivity contribution in [2.45, 2.75) is 25.9 Å². The van der Waals surface area contributed by atoms with Crippen molar-refractivity contribution < 1.29 is 14.3 Å². The number of nitrogens with zero attached hydrogens (tertiary/aromatic N) is 3. The molecule has 9 heteroatoms. The van der Waals surface area contributed by atoms with E-state index in [1.165, 1.54) is 0 Å². The first-order valence-electron chi connectivity index (χ1n) is 9.99. The standard InChI is InChI=1S/C20H29ClN4O3.HI/c1-2-22-20(23-9-15-27-17-7-5-16(21)6-8-17)25-12-10-24(11-13-25)19(26)18-4-3-14-28-18;/h5-8,18H,2-4,9-15H2,1H3,(H,22,23);1H. The van der Waals surface area contributed by atoms with Crippen molar-refractivity contribution in [2.75, 3.05) is 52.5 Å². The van der Waals surface area contributed by atoms with Crippen LogP contribution in [-0.2, 0) is 9.53 Å². The Hall–Kier alpha value is -1.26. The third-order valence-electron chi connectivity index (χ3n) is 4.87. The maximum atomic E-state index is 12.5. The number of guanidine groups is 1. The first kappa shape index (κ1) is 24.0. The van der Waals surface area contributed by atoms with E-state index in [-0.39, 0.29) is 36.0 Å². The molecule has 2 aliphatic rings. The van der Waals surface area contributed by atoms with Gasteiger partial charge in [-0.25, -0.2) is 4.99 Å². The molecule has 29 heavy (non-hydrogen) atoms. The van der Waals surface area contributed by atoms with Crippen LogP contribution in [0, 0.1) is 0 Å². The van der Waals surface area contributed by atoms with Gasteiger partial charge in [0.2, 0.25) is 0 Å². The normalized spacial score (nSPS) is 19.7. The number of halogens is 2. The van der Waals surface area contributed by atoms with Crippen molar-refractivity contribution in [1.29, 1.82) is 0 Å². The third kappa shape index (κ3) is 7.18. The number of aliphatic imine (C=N–C) groups is 1. The molecule has 162 valence electrons. The number of amides is 1. The van der Waals surface area contributed by atoms with Crippen LogP contribution in [0.1, 0.15) is 19.8 Å². The Morgan fingerprint density at radius 1 is 1.24 bits per heavy atom. The maximum absolute atomic E-state index is 12.5. The topological polar surface area (TPSA) is 66.4 Å². The summed E-state index contributed by atoms with van der Waals surface area (Å²) < 4.78 is 11.2. The van der Waals surface area contributed by atoms with Crippen LogP contribution in [-0.4, -0.2) is 80.3 Å². The van der Waals surface area contributed by atoms with Crippen LogP contribution in [0.3, 0.4) is 0 Å². The van der Waals surface area contributed by atoms with Gasteiger partial charge in [-0.1, -0.05) is 11.6 Å². The molecule has 2 fully saturated rings. The van der Waals surface area contributed by atoms with Gasteiger partial charge in [0.1, 0.15) is 18.5 Å². The molecule has 1 aromatic rings. The van der Waals surface area contributed by atoms with E-state index < -0.39 is 0 Å². The highest BCUT2D eigenvalue weighted by Gasteiger charge is 2.30. The van der Waals surface area contributed by atoms with Gasteiger partial charge in [-0.3, -0.25) is 4.79 Å². The third-order valence-corrected chi connectivity index (χ3v) is 5.12. The van der Waals surface area contributed by atoms with Gasteiger partial charge in [0, 0.05) is 44.4 Å². The summed E-state index contributed by atoms with van der Waals surface area (Å²) in [5.74, 6) is 1.78. The summed E-state index contributed by atoms with van der Waals surface area (Å²) in [5.41, 5.74) is 0. The van der Waals surface area contributed by atoms with E-state index >= 15 is 0 Å². The monoisotopic (exact) mass is 536 g/mol. The van der Waals surface area contributed by atoms with Gasteiger partial charge in [0.05, 0.1) is 6.54 Å². The Bertz CT molecular complexity index is 660. The zero-order valence-electron chi connectivity index (χ0n) is 16.8. The minimum Gasteiger partial charge on any atom is -0.492 e. The average molecular weight is 537 g/mol. The van der Waals surface area contributed by atoms with Gasteiger partial charge < -0.3 is 24.6 Å². The van der Waals surface area contributed by atoms with Crippen LogP contribution in [0.15, 0.2) is 29.3 Å². The molecule has 0 aliphatic carbocycles. The molecule has 1 amide bonds. The highest BCUT2D eigenvalue weighted by Crippen LogP contribution is 2.16. The van der Waals surface area contributed by atoms with Crippen LogP contribution in [0.2, 0.25) is 5.02 Å². The zero-order chi connectivity index (χ0) is 19.8. The summed E-state index contributed by atoms with van der Waals surface area (Å²) in [6.07, 6.45) is 1.58. The summed E-state index contributed by atoms with van der Waals surface area (Å²) in [5, 5.41) is 4.02. The number of hydrogen-bond acceptors (Lipinski definition) is 4. The highest BCUT2D eigenvalue weighted by atomic mass is 127. The lowest BCUT2D eigenvalue weighted by Crippen LogP contribution is -2.55. The van der Waals surface area contributed by atoms with Crippen molar-refractivity contribution in [3.05, 3.63) is 29.3 Å². The van der Waals surface area contributed by atoms with E-state index in [9.17, 15) is 4.79 Å². The van der Waals surface area contributed by atoms with E-state index in [4.69, 9.17) is 21.1 Å². The fraction of sp³-hybridized carbons (Fsp3) is 0.600. The quantitative estimate of drug-likeness (QED) is 0.262. The first-order valence-corrected chi connectivity index (χ1v) is 10.4. The Labute approximate surface area is 194 Å². The fourth-order valence-corrected chi connectivity index (χ4v) is 3.51. The molecular formula is C20H30ClIN4O3. The van der Waals surface area contributed by atoms with Crippen molar-refractivity contribution >= 4 is 47.4 Å². The largest absolute Gasteiger partial charge is 0.492 e. The van der Waals surface area contributed by atoms with Gasteiger partial charge in [-0.05, 0) is 44.0 Å². The van der Waals surface area contributed by atoms with Crippen LogP contribution >= 0.6 is 35.6 Å². The van der Waals surface area contributed by atoms with Crippen LogP contribution in [0.5, 0.6) is 5.75 Å². The molecular weight excluding hydrogens is 507 g/mol. The lowest BCUT2D eigenvalue weighted by atomic mass is 10.2. The zero-order valence-corrected chi connectivity index (χ0v) is 19.9. The number of ether oxygens (including phenoxy) is 2. The highest BCUT2D eigenvalue weighted by molar-refractivity contribution is 14.0. The Morgan fingerprint density at radius 2 is 1.93 bits per heavy atom. The van der Waals surface area contributed by atoms with Gasteiger partial charge in [-0.15, -0.1) is 24.0 Å². The second-order valence-corrected chi connectivity index (χ2v) is 7.29. The second-order valence-electron chi connectivity index (χ2n) is 6.85. The molecule has 0 aromatic heterocycles. The molecule has 0 spiro atoms. The minimum atomic E-state index is -0.238. The number of nitrogens with one attached hydrogen (secondary N) is 1. The number of piperazine rings is 1. The molecule has 1 aromatic carbocycles. The smallest absolute Gasteiger partial charge is 0.251 e. The summed E-state index contributed by atoms with van der Waals surface area (Å²) >= 11 is 5.88. The summed E-state index contributed by atoms with van der Waals surface area (Å²) in [6, 6.07) is 7.31. The summed E-state index contributed by atoms with van der Waals surface area (Å²) in [6.45, 7) is 7.53. The summed E-state index contributed by atoms with van der Waals surface area (Å²) in [7, 11) is 0. The van der Waals surface area contributed by atoms with E-state index in [0.29, 0.717) is 37.9 Å². The van der Waals surface area contributed by atoms with E-state index in [0.717, 1.165) is 44.2 Å². The van der Waals surface area contributed by atoms with Crippen LogP contribution < -0.4 is 10.1 Å². The van der Waals surface area contributed by atoms with Crippen molar-refractivity contribution in [3.63, 3.8) is 0 Å². The van der Waals surface area contributed by atoms with Gasteiger partial charge >= 0.3 is 0 Å². The maximum Gasteiger partial charge on any atom is 0.251 e. The van der Waals surface area contributed by atoms with Crippen LogP contribution in [0.25, 0.3) is 0 Å². The molecule has 7 nitrogen and oxygen atoms in total. The molecule has 0 bridgehead atoms. The van der Waals surface area contributed by atoms with Crippen molar-refractivity contribution in [2.24, 2.45) is 4.99 Å². The van der Waals surface area contributed by atoms with E-state index in [1.807, 2.05) is 29.2 Å². The second kappa shape index (κ2) is 12.4. The van der Waals surface area contributed by atoms with Gasteiger partial charge in [-0.2, -0.15) is 0 Å². The Balaban J connectivity index is 0.00000300. The molecule has 1 unspecified atom stereocenters. The minimum absolute atomic E-state index is 0. The van der Waals surface area contributed by atoms with Gasteiger partial charge in [0.25, 0.3) is 5.91 Å². The molecule has 0 saturated carbocycles. The van der Waals surface area contributed by atoms with E-state index in [1.54, 1.807) is 0 Å². The molecule has 2 aliphatic heterocycles. The molecule has 2 saturated heterocycles. The Morgan fingerprint density at radius 3 is 2.55 bits per heavy atom. The van der Waals surface area contributed by atoms with Crippen LogP contribution in [0.4, 0.5) is 0 Å². The van der Waals surface area contributed by atoms with Crippen molar-refractivity contribution in [3.8, 4) is 5.75 Å². The molecule has 0 radical (unpaired) electrons. The number of rotatable bonds is 6. The number of hydrogen-bond donors (Lipinski definition) is 1. The fourth-order valence-electron chi connectivity index (χ4n) is 3.39. The SMILES string of the molecule is CCNC(=NCCOc1ccc(Cl)cc1)N1CCN(C(=O)C2CCCO2)CC1.I. The molecule has 2 heterocycles. The number of benzene rings is 1. The summed E-state index contributed by atoms with van der Waals surface area (Å²) in [4.78, 5) is 21.3. The number of carbonyl (C=O) groups is 1. The number of carbonyl (C=O) groups excluding carboxylic acids is 1. The lowest BCUT2D eigenvalue weighted by molar-refractivity contribution is -0.142. The predicted octanol–water partition coefficient (Wildman–Crippen LogP) is 2.63. The Kier molecular flexibility index (Phi) is 10.3. The molecule has 1 N–H and O–H groups in total. The first-order chi connectivity index (χ1) is 13.7.